The SMILES string of the molecule is CC(=O)Nc1cccc(-c2nnc(Sc3ccc(C=O)cc3[N+](=O)[O-])o2)c1. The van der Waals surface area contributed by atoms with Crippen LogP contribution in [0.15, 0.2) is 57.0 Å². The highest BCUT2D eigenvalue weighted by molar-refractivity contribution is 7.99. The van der Waals surface area contributed by atoms with Crippen molar-refractivity contribution in [3.05, 3.63) is 58.1 Å². The number of hydrogen-bond acceptors (Lipinski definition) is 8. The van der Waals surface area contributed by atoms with E-state index in [0.29, 0.717) is 17.5 Å². The van der Waals surface area contributed by atoms with Gasteiger partial charge in [0, 0.05) is 29.8 Å². The number of nitro benzene ring substituents is 1. The minimum atomic E-state index is -0.580. The third kappa shape index (κ3) is 4.36. The summed E-state index contributed by atoms with van der Waals surface area (Å²) < 4.78 is 5.56. The summed E-state index contributed by atoms with van der Waals surface area (Å²) in [6.45, 7) is 1.40. The maximum atomic E-state index is 11.2. The van der Waals surface area contributed by atoms with Crippen molar-refractivity contribution in [1.29, 1.82) is 0 Å². The first kappa shape index (κ1) is 18.3. The molecule has 2 aromatic carbocycles. The number of carbonyl (C=O) groups is 2. The summed E-state index contributed by atoms with van der Waals surface area (Å²) in [7, 11) is 0. The van der Waals surface area contributed by atoms with Gasteiger partial charge >= 0.3 is 0 Å². The van der Waals surface area contributed by atoms with Gasteiger partial charge in [0.25, 0.3) is 10.9 Å². The average molecular weight is 384 g/mol. The van der Waals surface area contributed by atoms with Crippen molar-refractivity contribution in [3.63, 3.8) is 0 Å². The number of nitrogens with zero attached hydrogens (tertiary/aromatic N) is 3. The number of carbonyl (C=O) groups excluding carboxylic acids is 2. The van der Waals surface area contributed by atoms with Gasteiger partial charge in [-0.25, -0.2) is 0 Å². The van der Waals surface area contributed by atoms with Crippen molar-refractivity contribution < 1.29 is 18.9 Å². The summed E-state index contributed by atoms with van der Waals surface area (Å²) >= 11 is 0.924. The summed E-state index contributed by atoms with van der Waals surface area (Å²) in [5.74, 6) is -0.00290. The molecular weight excluding hydrogens is 372 g/mol. The Hall–Kier alpha value is -3.53. The largest absolute Gasteiger partial charge is 0.411 e. The first-order valence-electron chi connectivity index (χ1n) is 7.59. The van der Waals surface area contributed by atoms with E-state index in [-0.39, 0.29) is 33.2 Å². The van der Waals surface area contributed by atoms with E-state index in [4.69, 9.17) is 4.42 Å². The van der Waals surface area contributed by atoms with Gasteiger partial charge in [-0.05, 0) is 36.0 Å². The second kappa shape index (κ2) is 7.79. The highest BCUT2D eigenvalue weighted by atomic mass is 32.2. The number of hydrogen-bond donors (Lipinski definition) is 1. The normalized spacial score (nSPS) is 10.4. The van der Waals surface area contributed by atoms with Gasteiger partial charge in [0.1, 0.15) is 6.29 Å². The smallest absolute Gasteiger partial charge is 0.284 e. The van der Waals surface area contributed by atoms with Crippen LogP contribution in [0.1, 0.15) is 17.3 Å². The molecule has 1 N–H and O–H groups in total. The van der Waals surface area contributed by atoms with Gasteiger partial charge < -0.3 is 9.73 Å². The average Bonchev–Trinajstić information content (AvgIpc) is 3.10. The van der Waals surface area contributed by atoms with Crippen LogP contribution >= 0.6 is 11.8 Å². The van der Waals surface area contributed by atoms with Crippen LogP contribution in [0.5, 0.6) is 0 Å². The number of rotatable bonds is 6. The zero-order chi connectivity index (χ0) is 19.4. The maximum Gasteiger partial charge on any atom is 0.284 e. The van der Waals surface area contributed by atoms with Gasteiger partial charge in [-0.2, -0.15) is 0 Å². The topological polar surface area (TPSA) is 128 Å². The molecule has 9 nitrogen and oxygen atoms in total. The minimum absolute atomic E-state index is 0.108. The van der Waals surface area contributed by atoms with Crippen LogP contribution in [0.25, 0.3) is 11.5 Å². The van der Waals surface area contributed by atoms with E-state index in [9.17, 15) is 19.7 Å². The fraction of sp³-hybridized carbons (Fsp3) is 0.0588. The molecule has 3 rings (SSSR count). The molecule has 0 saturated heterocycles. The lowest BCUT2D eigenvalue weighted by Crippen LogP contribution is -2.05. The molecule has 0 aliphatic carbocycles. The van der Waals surface area contributed by atoms with Crippen molar-refractivity contribution in [3.8, 4) is 11.5 Å². The van der Waals surface area contributed by atoms with E-state index >= 15 is 0 Å². The van der Waals surface area contributed by atoms with E-state index in [1.165, 1.54) is 25.1 Å². The molecule has 1 amide bonds. The summed E-state index contributed by atoms with van der Waals surface area (Å²) in [6, 6.07) is 10.9. The Kier molecular flexibility index (Phi) is 5.27. The van der Waals surface area contributed by atoms with Gasteiger partial charge in [0.2, 0.25) is 11.8 Å². The number of aromatic nitrogens is 2. The number of amides is 1. The van der Waals surface area contributed by atoms with Crippen LogP contribution < -0.4 is 5.32 Å². The zero-order valence-corrected chi connectivity index (χ0v) is 14.7. The Balaban J connectivity index is 1.86. The molecule has 0 saturated carbocycles. The quantitative estimate of drug-likeness (QED) is 0.388. The van der Waals surface area contributed by atoms with Crippen molar-refractivity contribution in [2.45, 2.75) is 17.0 Å². The number of benzene rings is 2. The van der Waals surface area contributed by atoms with E-state index in [2.05, 4.69) is 15.5 Å². The van der Waals surface area contributed by atoms with E-state index in [1.54, 1.807) is 24.3 Å². The summed E-state index contributed by atoms with van der Waals surface area (Å²) in [5, 5.41) is 21.8. The van der Waals surface area contributed by atoms with E-state index in [0.717, 1.165) is 11.8 Å². The predicted octanol–water partition coefficient (Wildman–Crippen LogP) is 3.57. The van der Waals surface area contributed by atoms with Gasteiger partial charge in [-0.1, -0.05) is 12.1 Å². The van der Waals surface area contributed by atoms with Crippen LogP contribution in [-0.4, -0.2) is 27.3 Å². The molecule has 3 aromatic rings. The van der Waals surface area contributed by atoms with E-state index < -0.39 is 4.92 Å². The number of nitro groups is 1. The van der Waals surface area contributed by atoms with Crippen LogP contribution in [0.2, 0.25) is 0 Å². The Morgan fingerprint density at radius 2 is 2.07 bits per heavy atom. The molecule has 0 aliphatic heterocycles. The molecule has 0 radical (unpaired) electrons. The lowest BCUT2D eigenvalue weighted by molar-refractivity contribution is -0.387. The van der Waals surface area contributed by atoms with Gasteiger partial charge in [0.15, 0.2) is 0 Å². The molecule has 0 atom stereocenters. The summed E-state index contributed by atoms with van der Waals surface area (Å²) in [4.78, 5) is 32.9. The first-order chi connectivity index (χ1) is 13.0. The third-order valence-electron chi connectivity index (χ3n) is 3.35. The predicted molar refractivity (Wildman–Crippen MR) is 96.6 cm³/mol. The second-order valence-corrected chi connectivity index (χ2v) is 6.33. The first-order valence-corrected chi connectivity index (χ1v) is 8.41. The highest BCUT2D eigenvalue weighted by Gasteiger charge is 2.19. The molecule has 136 valence electrons. The Morgan fingerprint density at radius 3 is 2.78 bits per heavy atom. The minimum Gasteiger partial charge on any atom is -0.411 e. The molecule has 0 bridgehead atoms. The third-order valence-corrected chi connectivity index (χ3v) is 4.25. The van der Waals surface area contributed by atoms with Crippen LogP contribution in [-0.2, 0) is 4.79 Å². The molecule has 0 fully saturated rings. The molecule has 0 aliphatic rings. The Labute approximate surface area is 156 Å². The van der Waals surface area contributed by atoms with Crippen molar-refractivity contribution in [2.24, 2.45) is 0 Å². The number of nitrogens with one attached hydrogen (secondary N) is 1. The molecule has 10 heteroatoms. The molecule has 0 spiro atoms. The van der Waals surface area contributed by atoms with Gasteiger partial charge in [0.05, 0.1) is 9.82 Å². The molecular formula is C17H12N4O5S. The molecule has 1 heterocycles. The highest BCUT2D eigenvalue weighted by Crippen LogP contribution is 2.35. The zero-order valence-electron chi connectivity index (χ0n) is 13.9. The Morgan fingerprint density at radius 1 is 1.26 bits per heavy atom. The molecule has 1 aromatic heterocycles. The summed E-state index contributed by atoms with van der Waals surface area (Å²) in [5.41, 5.74) is 1.14. The summed E-state index contributed by atoms with van der Waals surface area (Å²) in [6.07, 6.45) is 0.536. The lowest BCUT2D eigenvalue weighted by Gasteiger charge is -2.02. The van der Waals surface area contributed by atoms with Crippen molar-refractivity contribution >= 4 is 35.3 Å². The van der Waals surface area contributed by atoms with Crippen LogP contribution in [0, 0.1) is 10.1 Å². The fourth-order valence-corrected chi connectivity index (χ4v) is 3.00. The van der Waals surface area contributed by atoms with E-state index in [1.807, 2.05) is 0 Å². The van der Waals surface area contributed by atoms with Crippen LogP contribution in [0.3, 0.4) is 0 Å². The molecule has 0 unspecified atom stereocenters. The maximum absolute atomic E-state index is 11.2. The van der Waals surface area contributed by atoms with Gasteiger partial charge in [-0.15, -0.1) is 10.2 Å². The number of anilines is 1. The van der Waals surface area contributed by atoms with Gasteiger partial charge in [-0.3, -0.25) is 19.7 Å². The van der Waals surface area contributed by atoms with Crippen molar-refractivity contribution in [2.75, 3.05) is 5.32 Å². The Bertz CT molecular complexity index is 1030. The standard InChI is InChI=1S/C17H12N4O5S/c1-10(23)18-13-4-2-3-12(8-13)16-19-20-17(26-16)27-15-6-5-11(9-22)7-14(15)21(24)25/h2-9H,1H3,(H,18,23). The lowest BCUT2D eigenvalue weighted by atomic mass is 10.2. The molecule has 27 heavy (non-hydrogen) atoms. The van der Waals surface area contributed by atoms with Crippen LogP contribution in [0.4, 0.5) is 11.4 Å². The number of aldehydes is 1. The monoisotopic (exact) mass is 384 g/mol. The second-order valence-electron chi connectivity index (χ2n) is 5.34. The van der Waals surface area contributed by atoms with Crippen molar-refractivity contribution in [1.82, 2.24) is 10.2 Å². The fourth-order valence-electron chi connectivity index (χ4n) is 2.23.